The van der Waals surface area contributed by atoms with E-state index in [9.17, 15) is 14.0 Å². The van der Waals surface area contributed by atoms with E-state index in [1.54, 1.807) is 0 Å². The fraction of sp³-hybridized carbons (Fsp3) is 0.167. The predicted molar refractivity (Wildman–Crippen MR) is 69.2 cm³/mol. The van der Waals surface area contributed by atoms with Crippen molar-refractivity contribution < 1.29 is 23.8 Å². The molecule has 1 aromatic carbocycles. The monoisotopic (exact) mass is 331 g/mol. The molecular formula is C12H11BrFNO4. The number of aliphatic carboxylic acids is 1. The Bertz CT molecular complexity index is 507. The maximum atomic E-state index is 13.3. The molecule has 2 N–H and O–H groups in total. The highest BCUT2D eigenvalue weighted by Crippen LogP contribution is 2.21. The summed E-state index contributed by atoms with van der Waals surface area (Å²) < 4.78 is 18.2. The second-order valence-electron chi connectivity index (χ2n) is 3.48. The number of hydrogen-bond donors (Lipinski definition) is 2. The largest absolute Gasteiger partial charge is 0.479 e. The Labute approximate surface area is 117 Å². The number of halogens is 2. The number of ether oxygens (including phenoxy) is 1. The van der Waals surface area contributed by atoms with Gasteiger partial charge in [-0.05, 0) is 33.6 Å². The van der Waals surface area contributed by atoms with Crippen molar-refractivity contribution in [2.75, 3.05) is 6.61 Å². The van der Waals surface area contributed by atoms with Gasteiger partial charge in [0.15, 0.2) is 6.04 Å². The molecule has 0 aliphatic carbocycles. The van der Waals surface area contributed by atoms with Gasteiger partial charge in [0.1, 0.15) is 12.4 Å². The summed E-state index contributed by atoms with van der Waals surface area (Å²) in [4.78, 5) is 22.4. The smallest absolute Gasteiger partial charge is 0.408 e. The molecule has 19 heavy (non-hydrogen) atoms. The van der Waals surface area contributed by atoms with Gasteiger partial charge in [0, 0.05) is 0 Å². The van der Waals surface area contributed by atoms with Gasteiger partial charge in [-0.15, -0.1) is 0 Å². The molecule has 0 bridgehead atoms. The number of carbonyl (C=O) groups excluding carboxylic acids is 1. The molecule has 0 heterocycles. The van der Waals surface area contributed by atoms with Crippen molar-refractivity contribution in [3.05, 3.63) is 46.7 Å². The quantitative estimate of drug-likeness (QED) is 0.813. The Hall–Kier alpha value is -1.89. The normalized spacial score (nSPS) is 11.5. The third-order valence-corrected chi connectivity index (χ3v) is 2.76. The molecule has 5 nitrogen and oxygen atoms in total. The van der Waals surface area contributed by atoms with Gasteiger partial charge in [-0.2, -0.15) is 0 Å². The van der Waals surface area contributed by atoms with Gasteiger partial charge in [-0.25, -0.2) is 14.0 Å². The van der Waals surface area contributed by atoms with Crippen LogP contribution in [0.3, 0.4) is 0 Å². The topological polar surface area (TPSA) is 75.6 Å². The Balaban J connectivity index is 2.88. The predicted octanol–water partition coefficient (Wildman–Crippen LogP) is 2.63. The zero-order valence-corrected chi connectivity index (χ0v) is 11.3. The highest BCUT2D eigenvalue weighted by molar-refractivity contribution is 9.10. The van der Waals surface area contributed by atoms with Crippen molar-refractivity contribution in [3.63, 3.8) is 0 Å². The molecule has 0 radical (unpaired) electrons. The van der Waals surface area contributed by atoms with Crippen molar-refractivity contribution >= 4 is 28.0 Å². The van der Waals surface area contributed by atoms with Crippen molar-refractivity contribution in [3.8, 4) is 0 Å². The van der Waals surface area contributed by atoms with Gasteiger partial charge in [-0.3, -0.25) is 0 Å². The standard InChI is InChI=1S/C12H11BrFNO4/c1-2-5-19-12(18)15-10(11(16)17)7-3-4-8(13)9(14)6-7/h2-4,6,10H,1,5H2,(H,15,18)(H,16,17). The van der Waals surface area contributed by atoms with E-state index in [2.05, 4.69) is 32.6 Å². The summed E-state index contributed by atoms with van der Waals surface area (Å²) in [5, 5.41) is 11.2. The Kier molecular flexibility index (Phi) is 5.50. The number of carbonyl (C=O) groups is 2. The van der Waals surface area contributed by atoms with Crippen molar-refractivity contribution in [1.29, 1.82) is 0 Å². The fourth-order valence-corrected chi connectivity index (χ4v) is 1.52. The van der Waals surface area contributed by atoms with Crippen LogP contribution in [0.1, 0.15) is 11.6 Å². The van der Waals surface area contributed by atoms with Crippen LogP contribution in [0.4, 0.5) is 9.18 Å². The van der Waals surface area contributed by atoms with Crippen LogP contribution in [0.5, 0.6) is 0 Å². The van der Waals surface area contributed by atoms with E-state index in [0.29, 0.717) is 0 Å². The van der Waals surface area contributed by atoms with Crippen LogP contribution in [-0.2, 0) is 9.53 Å². The lowest BCUT2D eigenvalue weighted by Crippen LogP contribution is -2.34. The second-order valence-corrected chi connectivity index (χ2v) is 4.33. The fourth-order valence-electron chi connectivity index (χ4n) is 1.27. The average molecular weight is 332 g/mol. The first-order chi connectivity index (χ1) is 8.95. The molecule has 0 fully saturated rings. The maximum Gasteiger partial charge on any atom is 0.408 e. The maximum absolute atomic E-state index is 13.3. The van der Waals surface area contributed by atoms with E-state index in [1.165, 1.54) is 18.2 Å². The van der Waals surface area contributed by atoms with Crippen LogP contribution in [-0.4, -0.2) is 23.8 Å². The Morgan fingerprint density at radius 3 is 2.79 bits per heavy atom. The molecule has 0 spiro atoms. The van der Waals surface area contributed by atoms with Crippen LogP contribution in [0, 0.1) is 5.82 Å². The number of nitrogens with one attached hydrogen (secondary N) is 1. The molecule has 1 unspecified atom stereocenters. The van der Waals surface area contributed by atoms with Crippen LogP contribution < -0.4 is 5.32 Å². The highest BCUT2D eigenvalue weighted by Gasteiger charge is 2.23. The number of carboxylic acid groups (broad SMARTS) is 1. The van der Waals surface area contributed by atoms with Crippen LogP contribution >= 0.6 is 15.9 Å². The van der Waals surface area contributed by atoms with E-state index >= 15 is 0 Å². The summed E-state index contributed by atoms with van der Waals surface area (Å²) in [6, 6.07) is 2.38. The summed E-state index contributed by atoms with van der Waals surface area (Å²) in [5.74, 6) is -1.94. The first-order valence-electron chi connectivity index (χ1n) is 5.17. The molecule has 0 saturated carbocycles. The molecule has 0 saturated heterocycles. The number of benzene rings is 1. The molecule has 1 amide bonds. The Morgan fingerprint density at radius 2 is 2.26 bits per heavy atom. The number of rotatable bonds is 5. The third kappa shape index (κ3) is 4.36. The van der Waals surface area contributed by atoms with Crippen LogP contribution in [0.25, 0.3) is 0 Å². The summed E-state index contributed by atoms with van der Waals surface area (Å²) in [6.07, 6.45) is 0.421. The molecule has 0 aromatic heterocycles. The molecule has 102 valence electrons. The zero-order valence-electron chi connectivity index (χ0n) is 9.73. The Morgan fingerprint density at radius 1 is 1.58 bits per heavy atom. The first-order valence-corrected chi connectivity index (χ1v) is 5.97. The van der Waals surface area contributed by atoms with E-state index in [-0.39, 0.29) is 16.6 Å². The van der Waals surface area contributed by atoms with Gasteiger partial charge in [0.05, 0.1) is 4.47 Å². The summed E-state index contributed by atoms with van der Waals surface area (Å²) in [6.45, 7) is 3.30. The van der Waals surface area contributed by atoms with E-state index in [4.69, 9.17) is 5.11 Å². The second kappa shape index (κ2) is 6.89. The van der Waals surface area contributed by atoms with E-state index in [0.717, 1.165) is 6.07 Å². The minimum atomic E-state index is -1.39. The molecule has 1 rings (SSSR count). The number of hydrogen-bond acceptors (Lipinski definition) is 3. The SMILES string of the molecule is C=CCOC(=O)NC(C(=O)O)c1ccc(Br)c(F)c1. The summed E-state index contributed by atoms with van der Waals surface area (Å²) >= 11 is 2.96. The van der Waals surface area contributed by atoms with Crippen LogP contribution in [0.2, 0.25) is 0 Å². The first kappa shape index (κ1) is 15.2. The molecule has 1 aromatic rings. The van der Waals surface area contributed by atoms with Gasteiger partial charge < -0.3 is 15.2 Å². The lowest BCUT2D eigenvalue weighted by Gasteiger charge is -2.14. The minimum Gasteiger partial charge on any atom is -0.479 e. The van der Waals surface area contributed by atoms with Crippen molar-refractivity contribution in [2.24, 2.45) is 0 Å². The third-order valence-electron chi connectivity index (χ3n) is 2.12. The van der Waals surface area contributed by atoms with Gasteiger partial charge in [-0.1, -0.05) is 18.7 Å². The highest BCUT2D eigenvalue weighted by atomic mass is 79.9. The zero-order chi connectivity index (χ0) is 14.4. The molecule has 1 atom stereocenters. The molecule has 7 heteroatoms. The molecule has 0 aliphatic heterocycles. The van der Waals surface area contributed by atoms with Gasteiger partial charge in [0.25, 0.3) is 0 Å². The van der Waals surface area contributed by atoms with E-state index < -0.39 is 23.9 Å². The number of amides is 1. The molecular weight excluding hydrogens is 321 g/mol. The van der Waals surface area contributed by atoms with Crippen molar-refractivity contribution in [2.45, 2.75) is 6.04 Å². The van der Waals surface area contributed by atoms with Gasteiger partial charge >= 0.3 is 12.1 Å². The van der Waals surface area contributed by atoms with Crippen molar-refractivity contribution in [1.82, 2.24) is 5.32 Å². The number of alkyl carbamates (subject to hydrolysis) is 1. The summed E-state index contributed by atoms with van der Waals surface area (Å²) in [7, 11) is 0. The van der Waals surface area contributed by atoms with Gasteiger partial charge in [0.2, 0.25) is 0 Å². The average Bonchev–Trinajstić information content (AvgIpc) is 2.36. The lowest BCUT2D eigenvalue weighted by atomic mass is 10.1. The van der Waals surface area contributed by atoms with Crippen LogP contribution in [0.15, 0.2) is 35.3 Å². The lowest BCUT2D eigenvalue weighted by molar-refractivity contribution is -0.139. The minimum absolute atomic E-state index is 0.0487. The van der Waals surface area contributed by atoms with E-state index in [1.807, 2.05) is 0 Å². The molecule has 0 aliphatic rings. The number of carboxylic acids is 1. The summed E-state index contributed by atoms with van der Waals surface area (Å²) in [5.41, 5.74) is 0.101.